The average Bonchev–Trinajstić information content (AvgIpc) is 3.38. The number of hydrogen-bond donors (Lipinski definition) is 0. The molecule has 1 atom stereocenters. The fourth-order valence-electron chi connectivity index (χ4n) is 4.78. The topological polar surface area (TPSA) is 45.7 Å². The van der Waals surface area contributed by atoms with Crippen LogP contribution in [0, 0.1) is 0 Å². The van der Waals surface area contributed by atoms with Gasteiger partial charge in [-0.05, 0) is 55.5 Å². The normalized spacial score (nSPS) is 19.0. The van der Waals surface area contributed by atoms with Gasteiger partial charge in [0.15, 0.2) is 0 Å². The Balaban J connectivity index is 0.00000245. The first kappa shape index (κ1) is 22.6. The van der Waals surface area contributed by atoms with Gasteiger partial charge < -0.3 is 14.5 Å². The number of benzene rings is 2. The van der Waals surface area contributed by atoms with Crippen LogP contribution in [0.5, 0.6) is 0 Å². The van der Waals surface area contributed by atoms with Crippen LogP contribution < -0.4 is 4.90 Å². The number of halogens is 1. The van der Waals surface area contributed by atoms with Crippen LogP contribution in [0.25, 0.3) is 22.0 Å². The summed E-state index contributed by atoms with van der Waals surface area (Å²) in [5.41, 5.74) is 4.54. The second kappa shape index (κ2) is 9.88. The monoisotopic (exact) mass is 451 g/mol. The smallest absolute Gasteiger partial charge is 0.251 e. The number of pyridine rings is 1. The van der Waals surface area contributed by atoms with E-state index in [1.165, 1.54) is 11.3 Å². The standard InChI is InChI=1S/C26H29N3O2.ClH/c1-28(23-12-14-29(15-13-23)26(30)25-7-4-16-31-25)22-10-8-19(9-11-22)21-17-20-5-2-3-6-24(20)27-18-21;/h2-3,5-6,8-11,17-18,23,25H,4,7,12-16H2,1H3;1H/t25-;/m1./s1. The molecular weight excluding hydrogens is 422 g/mol. The molecule has 2 aromatic carbocycles. The molecule has 0 unspecified atom stereocenters. The summed E-state index contributed by atoms with van der Waals surface area (Å²) >= 11 is 0. The molecule has 32 heavy (non-hydrogen) atoms. The first-order chi connectivity index (χ1) is 15.2. The summed E-state index contributed by atoms with van der Waals surface area (Å²) < 4.78 is 5.58. The molecule has 5 rings (SSSR count). The lowest BCUT2D eigenvalue weighted by atomic mass is 10.0. The molecule has 1 aromatic heterocycles. The van der Waals surface area contributed by atoms with Crippen molar-refractivity contribution in [3.63, 3.8) is 0 Å². The zero-order valence-electron chi connectivity index (χ0n) is 18.4. The number of amides is 1. The number of aromatic nitrogens is 1. The van der Waals surface area contributed by atoms with E-state index in [-0.39, 0.29) is 24.4 Å². The number of carbonyl (C=O) groups excluding carboxylic acids is 1. The molecule has 0 saturated carbocycles. The van der Waals surface area contributed by atoms with Gasteiger partial charge in [-0.1, -0.05) is 30.3 Å². The third-order valence-corrected chi connectivity index (χ3v) is 6.73. The van der Waals surface area contributed by atoms with Gasteiger partial charge in [-0.2, -0.15) is 0 Å². The van der Waals surface area contributed by atoms with Crippen molar-refractivity contribution < 1.29 is 9.53 Å². The zero-order chi connectivity index (χ0) is 21.2. The summed E-state index contributed by atoms with van der Waals surface area (Å²) in [6.45, 7) is 2.35. The van der Waals surface area contributed by atoms with Crippen LogP contribution in [0.4, 0.5) is 5.69 Å². The maximum atomic E-state index is 12.6. The van der Waals surface area contributed by atoms with E-state index in [9.17, 15) is 4.79 Å². The first-order valence-corrected chi connectivity index (χ1v) is 11.3. The molecule has 1 amide bonds. The Bertz CT molecular complexity index is 1060. The molecule has 0 aliphatic carbocycles. The number of ether oxygens (including phenoxy) is 1. The van der Waals surface area contributed by atoms with Crippen molar-refractivity contribution in [2.24, 2.45) is 0 Å². The summed E-state index contributed by atoms with van der Waals surface area (Å²) in [7, 11) is 2.16. The lowest BCUT2D eigenvalue weighted by molar-refractivity contribution is -0.141. The molecule has 168 valence electrons. The molecule has 0 spiro atoms. The number of rotatable bonds is 4. The number of hydrogen-bond acceptors (Lipinski definition) is 4. The summed E-state index contributed by atoms with van der Waals surface area (Å²) in [6, 6.07) is 19.6. The lowest BCUT2D eigenvalue weighted by Crippen LogP contribution is -2.48. The summed E-state index contributed by atoms with van der Waals surface area (Å²) in [4.78, 5) is 21.5. The highest BCUT2D eigenvalue weighted by Gasteiger charge is 2.31. The lowest BCUT2D eigenvalue weighted by Gasteiger charge is -2.38. The Morgan fingerprint density at radius 2 is 1.78 bits per heavy atom. The Labute approximate surface area is 195 Å². The molecule has 5 nitrogen and oxygen atoms in total. The predicted molar refractivity (Wildman–Crippen MR) is 131 cm³/mol. The van der Waals surface area contributed by atoms with Crippen molar-refractivity contribution in [2.45, 2.75) is 37.8 Å². The molecule has 3 aromatic rings. The van der Waals surface area contributed by atoms with Gasteiger partial charge in [-0.3, -0.25) is 9.78 Å². The number of anilines is 1. The van der Waals surface area contributed by atoms with Gasteiger partial charge in [-0.15, -0.1) is 12.4 Å². The fraction of sp³-hybridized carbons (Fsp3) is 0.385. The Morgan fingerprint density at radius 1 is 1.03 bits per heavy atom. The molecule has 0 N–H and O–H groups in total. The molecule has 2 saturated heterocycles. The fourth-order valence-corrected chi connectivity index (χ4v) is 4.78. The highest BCUT2D eigenvalue weighted by molar-refractivity contribution is 5.85. The van der Waals surface area contributed by atoms with E-state index in [2.05, 4.69) is 53.3 Å². The van der Waals surface area contributed by atoms with Crippen molar-refractivity contribution in [2.75, 3.05) is 31.6 Å². The third-order valence-electron chi connectivity index (χ3n) is 6.73. The van der Waals surface area contributed by atoms with E-state index in [1.54, 1.807) is 0 Å². The highest BCUT2D eigenvalue weighted by Crippen LogP contribution is 2.28. The Hall–Kier alpha value is -2.63. The average molecular weight is 452 g/mol. The van der Waals surface area contributed by atoms with Crippen molar-refractivity contribution >= 4 is 34.9 Å². The molecular formula is C26H30ClN3O2. The number of piperidine rings is 1. The maximum absolute atomic E-state index is 12.6. The molecule has 0 bridgehead atoms. The van der Waals surface area contributed by atoms with E-state index in [0.717, 1.165) is 61.8 Å². The van der Waals surface area contributed by atoms with Crippen LogP contribution in [-0.2, 0) is 9.53 Å². The number of para-hydroxylation sites is 1. The minimum atomic E-state index is -0.202. The third kappa shape index (κ3) is 4.59. The summed E-state index contributed by atoms with van der Waals surface area (Å²) in [6.07, 6.45) is 5.60. The van der Waals surface area contributed by atoms with E-state index < -0.39 is 0 Å². The summed E-state index contributed by atoms with van der Waals surface area (Å²) in [5, 5.41) is 1.16. The second-order valence-electron chi connectivity index (χ2n) is 8.63. The minimum Gasteiger partial charge on any atom is -0.371 e. The quantitative estimate of drug-likeness (QED) is 0.564. The van der Waals surface area contributed by atoms with E-state index in [0.29, 0.717) is 6.04 Å². The number of carbonyl (C=O) groups is 1. The van der Waals surface area contributed by atoms with Crippen molar-refractivity contribution in [3.05, 3.63) is 60.8 Å². The van der Waals surface area contributed by atoms with Crippen LogP contribution >= 0.6 is 12.4 Å². The van der Waals surface area contributed by atoms with Gasteiger partial charge in [0, 0.05) is 55.6 Å². The number of likely N-dealkylation sites (tertiary alicyclic amines) is 1. The molecule has 3 heterocycles. The van der Waals surface area contributed by atoms with Crippen molar-refractivity contribution in [1.82, 2.24) is 9.88 Å². The van der Waals surface area contributed by atoms with Gasteiger partial charge in [0.2, 0.25) is 0 Å². The van der Waals surface area contributed by atoms with Crippen LogP contribution in [0.1, 0.15) is 25.7 Å². The van der Waals surface area contributed by atoms with Crippen molar-refractivity contribution in [3.8, 4) is 11.1 Å². The molecule has 2 aliphatic heterocycles. The van der Waals surface area contributed by atoms with Gasteiger partial charge in [-0.25, -0.2) is 0 Å². The van der Waals surface area contributed by atoms with Gasteiger partial charge in [0.1, 0.15) is 6.10 Å². The minimum absolute atomic E-state index is 0. The van der Waals surface area contributed by atoms with Gasteiger partial charge >= 0.3 is 0 Å². The molecule has 2 aliphatic rings. The van der Waals surface area contributed by atoms with E-state index in [4.69, 9.17) is 4.74 Å². The summed E-state index contributed by atoms with van der Waals surface area (Å²) in [5.74, 6) is 0.187. The molecule has 2 fully saturated rings. The Morgan fingerprint density at radius 3 is 2.50 bits per heavy atom. The zero-order valence-corrected chi connectivity index (χ0v) is 19.3. The highest BCUT2D eigenvalue weighted by atomic mass is 35.5. The SMILES string of the molecule is CN(c1ccc(-c2cnc3ccccc3c2)cc1)C1CCN(C(=O)[C@H]2CCCO2)CC1.Cl. The largest absolute Gasteiger partial charge is 0.371 e. The van der Waals surface area contributed by atoms with Crippen molar-refractivity contribution in [1.29, 1.82) is 0 Å². The number of fused-ring (bicyclic) bond motifs is 1. The van der Waals surface area contributed by atoms with E-state index in [1.807, 2.05) is 29.3 Å². The van der Waals surface area contributed by atoms with E-state index >= 15 is 0 Å². The van der Waals surface area contributed by atoms with Crippen LogP contribution in [-0.4, -0.2) is 54.7 Å². The second-order valence-corrected chi connectivity index (χ2v) is 8.63. The molecule has 0 radical (unpaired) electrons. The van der Waals surface area contributed by atoms with Gasteiger partial charge in [0.05, 0.1) is 5.52 Å². The predicted octanol–water partition coefficient (Wildman–Crippen LogP) is 4.93. The Kier molecular flexibility index (Phi) is 6.97. The van der Waals surface area contributed by atoms with Crippen LogP contribution in [0.3, 0.4) is 0 Å². The van der Waals surface area contributed by atoms with Crippen LogP contribution in [0.15, 0.2) is 60.8 Å². The number of nitrogens with zero attached hydrogens (tertiary/aromatic N) is 3. The maximum Gasteiger partial charge on any atom is 0.251 e. The van der Waals surface area contributed by atoms with Gasteiger partial charge in [0.25, 0.3) is 5.91 Å². The molecule has 6 heteroatoms. The first-order valence-electron chi connectivity index (χ1n) is 11.3. The van der Waals surface area contributed by atoms with Crippen LogP contribution in [0.2, 0.25) is 0 Å².